The molecule has 0 amide bonds. The van der Waals surface area contributed by atoms with Crippen molar-refractivity contribution in [3.05, 3.63) is 46.1 Å². The maximum Gasteiger partial charge on any atom is 0.131 e. The Morgan fingerprint density at radius 2 is 2.05 bits per heavy atom. The highest BCUT2D eigenvalue weighted by atomic mass is 79.9. The fraction of sp³-hybridized carbons (Fsp3) is 0.357. The molecule has 0 aliphatic heterocycles. The SMILES string of the molecule is CCc1nc(Br)cc(NCc2ncccc2CC)n1. The minimum absolute atomic E-state index is 0.677. The Kier molecular flexibility index (Phi) is 4.85. The van der Waals surface area contributed by atoms with Crippen LogP contribution in [0.1, 0.15) is 30.9 Å². The fourth-order valence-electron chi connectivity index (χ4n) is 1.84. The first-order chi connectivity index (χ1) is 9.22. The largest absolute Gasteiger partial charge is 0.364 e. The number of hydrogen-bond acceptors (Lipinski definition) is 4. The summed E-state index contributed by atoms with van der Waals surface area (Å²) in [6.45, 7) is 4.85. The third-order valence-electron chi connectivity index (χ3n) is 2.86. The Labute approximate surface area is 121 Å². The lowest BCUT2D eigenvalue weighted by molar-refractivity contribution is 0.910. The summed E-state index contributed by atoms with van der Waals surface area (Å²) in [5, 5.41) is 3.31. The zero-order chi connectivity index (χ0) is 13.7. The number of nitrogens with zero attached hydrogens (tertiary/aromatic N) is 3. The van der Waals surface area contributed by atoms with Crippen molar-refractivity contribution in [1.82, 2.24) is 15.0 Å². The molecular weight excluding hydrogens is 304 g/mol. The number of rotatable bonds is 5. The van der Waals surface area contributed by atoms with E-state index in [4.69, 9.17) is 0 Å². The number of aryl methyl sites for hydroxylation is 2. The molecule has 0 aliphatic carbocycles. The van der Waals surface area contributed by atoms with Gasteiger partial charge < -0.3 is 5.32 Å². The smallest absolute Gasteiger partial charge is 0.131 e. The number of hydrogen-bond donors (Lipinski definition) is 1. The lowest BCUT2D eigenvalue weighted by atomic mass is 10.1. The average Bonchev–Trinajstić information content (AvgIpc) is 2.44. The average molecular weight is 321 g/mol. The van der Waals surface area contributed by atoms with E-state index in [9.17, 15) is 0 Å². The normalized spacial score (nSPS) is 10.5. The van der Waals surface area contributed by atoms with E-state index in [1.165, 1.54) is 5.56 Å². The van der Waals surface area contributed by atoms with E-state index >= 15 is 0 Å². The van der Waals surface area contributed by atoms with Crippen LogP contribution in [-0.2, 0) is 19.4 Å². The first kappa shape index (κ1) is 13.9. The summed E-state index contributed by atoms with van der Waals surface area (Å²) in [7, 11) is 0. The molecule has 2 rings (SSSR count). The predicted octanol–water partition coefficient (Wildman–Crippen LogP) is 3.37. The highest BCUT2D eigenvalue weighted by molar-refractivity contribution is 9.10. The summed E-state index contributed by atoms with van der Waals surface area (Å²) < 4.78 is 0.804. The van der Waals surface area contributed by atoms with Crippen molar-refractivity contribution in [3.63, 3.8) is 0 Å². The van der Waals surface area contributed by atoms with Crippen molar-refractivity contribution in [2.45, 2.75) is 33.2 Å². The van der Waals surface area contributed by atoms with Crippen molar-refractivity contribution in [2.75, 3.05) is 5.32 Å². The Morgan fingerprint density at radius 1 is 1.21 bits per heavy atom. The van der Waals surface area contributed by atoms with Crippen molar-refractivity contribution >= 4 is 21.7 Å². The highest BCUT2D eigenvalue weighted by Gasteiger charge is 2.04. The first-order valence-electron chi connectivity index (χ1n) is 6.43. The van der Waals surface area contributed by atoms with Gasteiger partial charge in [-0.05, 0) is 34.0 Å². The zero-order valence-corrected chi connectivity index (χ0v) is 12.7. The van der Waals surface area contributed by atoms with E-state index in [2.05, 4.69) is 49.2 Å². The third-order valence-corrected chi connectivity index (χ3v) is 3.27. The highest BCUT2D eigenvalue weighted by Crippen LogP contribution is 2.14. The van der Waals surface area contributed by atoms with E-state index < -0.39 is 0 Å². The van der Waals surface area contributed by atoms with Gasteiger partial charge in [0.05, 0.1) is 12.2 Å². The zero-order valence-electron chi connectivity index (χ0n) is 11.2. The molecule has 0 bridgehead atoms. The standard InChI is InChI=1S/C14H17BrN4/c1-3-10-6-5-7-16-11(10)9-17-14-8-12(15)18-13(4-2)19-14/h5-8H,3-4,9H2,1-2H3,(H,17,18,19). The summed E-state index contributed by atoms with van der Waals surface area (Å²) >= 11 is 3.40. The van der Waals surface area contributed by atoms with Gasteiger partial charge in [0.25, 0.3) is 0 Å². The van der Waals surface area contributed by atoms with Crippen molar-refractivity contribution < 1.29 is 0 Å². The van der Waals surface area contributed by atoms with Crippen LogP contribution < -0.4 is 5.32 Å². The quantitative estimate of drug-likeness (QED) is 0.858. The molecule has 0 saturated carbocycles. The van der Waals surface area contributed by atoms with Gasteiger partial charge in [-0.2, -0.15) is 0 Å². The van der Waals surface area contributed by atoms with Gasteiger partial charge in [-0.1, -0.05) is 19.9 Å². The molecule has 0 saturated heterocycles. The van der Waals surface area contributed by atoms with E-state index in [1.54, 1.807) is 0 Å². The Balaban J connectivity index is 2.12. The number of halogens is 1. The van der Waals surface area contributed by atoms with E-state index in [-0.39, 0.29) is 0 Å². The minimum Gasteiger partial charge on any atom is -0.364 e. The third kappa shape index (κ3) is 3.73. The molecule has 0 spiro atoms. The molecule has 2 aromatic rings. The number of anilines is 1. The Bertz CT molecular complexity index is 557. The number of nitrogens with one attached hydrogen (secondary N) is 1. The second kappa shape index (κ2) is 6.61. The second-order valence-corrected chi connectivity index (χ2v) is 4.97. The van der Waals surface area contributed by atoms with Gasteiger partial charge in [0.1, 0.15) is 16.2 Å². The summed E-state index contributed by atoms with van der Waals surface area (Å²) in [5.74, 6) is 1.65. The van der Waals surface area contributed by atoms with Crippen LogP contribution in [0.3, 0.4) is 0 Å². The molecule has 4 nitrogen and oxygen atoms in total. The maximum atomic E-state index is 4.44. The molecule has 19 heavy (non-hydrogen) atoms. The lowest BCUT2D eigenvalue weighted by Gasteiger charge is -2.09. The Morgan fingerprint density at radius 3 is 2.79 bits per heavy atom. The van der Waals surface area contributed by atoms with Crippen molar-refractivity contribution in [2.24, 2.45) is 0 Å². The maximum absolute atomic E-state index is 4.44. The first-order valence-corrected chi connectivity index (χ1v) is 7.22. The number of aromatic nitrogens is 3. The fourth-order valence-corrected chi connectivity index (χ4v) is 2.26. The molecule has 100 valence electrons. The molecule has 0 radical (unpaired) electrons. The van der Waals surface area contributed by atoms with Crippen LogP contribution in [0.5, 0.6) is 0 Å². The lowest BCUT2D eigenvalue weighted by Crippen LogP contribution is -2.07. The summed E-state index contributed by atoms with van der Waals surface area (Å²) in [6.07, 6.45) is 3.62. The van der Waals surface area contributed by atoms with Crippen LogP contribution in [0, 0.1) is 0 Å². The van der Waals surface area contributed by atoms with E-state index in [0.717, 1.165) is 34.8 Å². The van der Waals surface area contributed by atoms with Gasteiger partial charge >= 0.3 is 0 Å². The van der Waals surface area contributed by atoms with Gasteiger partial charge in [-0.3, -0.25) is 4.98 Å². The van der Waals surface area contributed by atoms with Gasteiger partial charge in [-0.25, -0.2) is 9.97 Å². The number of pyridine rings is 1. The molecule has 2 aromatic heterocycles. The van der Waals surface area contributed by atoms with Crippen LogP contribution in [0.4, 0.5) is 5.82 Å². The van der Waals surface area contributed by atoms with Gasteiger partial charge in [-0.15, -0.1) is 0 Å². The summed E-state index contributed by atoms with van der Waals surface area (Å²) in [4.78, 5) is 13.1. The van der Waals surface area contributed by atoms with Crippen molar-refractivity contribution in [1.29, 1.82) is 0 Å². The topological polar surface area (TPSA) is 50.7 Å². The van der Waals surface area contributed by atoms with Crippen LogP contribution in [0.15, 0.2) is 29.0 Å². The summed E-state index contributed by atoms with van der Waals surface area (Å²) in [6, 6.07) is 5.96. The molecule has 0 unspecified atom stereocenters. The van der Waals surface area contributed by atoms with E-state index in [0.29, 0.717) is 6.54 Å². The van der Waals surface area contributed by atoms with Crippen molar-refractivity contribution in [3.8, 4) is 0 Å². The van der Waals surface area contributed by atoms with Crippen LogP contribution in [0.25, 0.3) is 0 Å². The Hall–Kier alpha value is -1.49. The molecule has 0 aromatic carbocycles. The van der Waals surface area contributed by atoms with Gasteiger partial charge in [0.15, 0.2) is 0 Å². The van der Waals surface area contributed by atoms with Crippen LogP contribution in [0.2, 0.25) is 0 Å². The van der Waals surface area contributed by atoms with Crippen LogP contribution in [-0.4, -0.2) is 15.0 Å². The molecule has 0 aliphatic rings. The van der Waals surface area contributed by atoms with Crippen LogP contribution >= 0.6 is 15.9 Å². The van der Waals surface area contributed by atoms with E-state index in [1.807, 2.05) is 25.3 Å². The van der Waals surface area contributed by atoms with Gasteiger partial charge in [0.2, 0.25) is 0 Å². The predicted molar refractivity (Wildman–Crippen MR) is 80.1 cm³/mol. The summed E-state index contributed by atoms with van der Waals surface area (Å²) in [5.41, 5.74) is 2.33. The second-order valence-electron chi connectivity index (χ2n) is 4.16. The molecular formula is C14H17BrN4. The molecule has 0 atom stereocenters. The minimum atomic E-state index is 0.677. The van der Waals surface area contributed by atoms with Gasteiger partial charge in [0, 0.05) is 18.7 Å². The molecule has 5 heteroatoms. The monoisotopic (exact) mass is 320 g/mol. The molecule has 2 heterocycles. The molecule has 0 fully saturated rings. The molecule has 1 N–H and O–H groups in total.